The lowest BCUT2D eigenvalue weighted by Gasteiger charge is -2.23. The summed E-state index contributed by atoms with van der Waals surface area (Å²) in [5, 5.41) is 21.8. The van der Waals surface area contributed by atoms with Crippen molar-refractivity contribution in [3.63, 3.8) is 0 Å². The number of nitrogen functional groups attached to an aromatic ring is 1. The summed E-state index contributed by atoms with van der Waals surface area (Å²) in [6.45, 7) is 4.62. The van der Waals surface area contributed by atoms with Crippen molar-refractivity contribution in [1.82, 2.24) is 15.6 Å². The summed E-state index contributed by atoms with van der Waals surface area (Å²) in [4.78, 5) is 8.36. The molecule has 6 N–H and O–H groups in total. The molecule has 2 heterocycles. The molecule has 30 heavy (non-hydrogen) atoms. The number of hydrogen-bond donors (Lipinski definition) is 5. The quantitative estimate of drug-likeness (QED) is 0.391. The highest BCUT2D eigenvalue weighted by atomic mass is 19.1. The van der Waals surface area contributed by atoms with Crippen LogP contribution in [-0.4, -0.2) is 36.5 Å². The molecule has 2 aromatic rings. The van der Waals surface area contributed by atoms with E-state index in [-0.39, 0.29) is 12.4 Å². The van der Waals surface area contributed by atoms with E-state index in [0.29, 0.717) is 46.1 Å². The standard InChI is InChI=1S/C21H24FN7O/c1-3-26-19-13-6-18(20(25)27-9-13)30-12(2)17-7-15(22)4-5-16(17)21(29-11-24)28-10-14(19)8-23/h4-9,11-12,23,26H,3,10H2,1-2H3,(H2,25,27)(H2,24,28,29)/b19-14+,23-8?. The minimum atomic E-state index is -0.569. The van der Waals surface area contributed by atoms with Gasteiger partial charge < -0.3 is 26.5 Å². The number of aromatic nitrogens is 1. The molecule has 0 fully saturated rings. The van der Waals surface area contributed by atoms with Crippen LogP contribution in [0, 0.1) is 16.6 Å². The molecular formula is C21H24FN7O. The Kier molecular flexibility index (Phi) is 6.41. The molecule has 0 saturated heterocycles. The van der Waals surface area contributed by atoms with E-state index in [1.165, 1.54) is 18.3 Å². The van der Waals surface area contributed by atoms with Crippen molar-refractivity contribution in [2.45, 2.75) is 20.0 Å². The van der Waals surface area contributed by atoms with Crippen LogP contribution in [0.1, 0.15) is 36.6 Å². The Morgan fingerprint density at radius 3 is 2.90 bits per heavy atom. The monoisotopic (exact) mass is 409 g/mol. The SMILES string of the molecule is CCN/C1=C(\C=N)CN/C(=N\C=N)c2ccc(F)cc2C(C)Oc2cc1cnc2N. The topological polar surface area (TPSA) is 132 Å². The Balaban J connectivity index is 2.25. The fourth-order valence-electron chi connectivity index (χ4n) is 3.27. The Morgan fingerprint density at radius 1 is 1.40 bits per heavy atom. The highest BCUT2D eigenvalue weighted by molar-refractivity contribution is 6.04. The number of nitrogens with zero attached hydrogens (tertiary/aromatic N) is 2. The van der Waals surface area contributed by atoms with E-state index in [1.807, 2.05) is 6.92 Å². The highest BCUT2D eigenvalue weighted by Gasteiger charge is 2.21. The third kappa shape index (κ3) is 4.29. The second-order valence-electron chi connectivity index (χ2n) is 6.63. The van der Waals surface area contributed by atoms with E-state index in [4.69, 9.17) is 21.3 Å². The fraction of sp³-hybridized carbons (Fsp3) is 0.238. The smallest absolute Gasteiger partial charge is 0.166 e. The van der Waals surface area contributed by atoms with Gasteiger partial charge in [-0.3, -0.25) is 5.41 Å². The molecule has 0 spiro atoms. The lowest BCUT2D eigenvalue weighted by atomic mass is 10.0. The van der Waals surface area contributed by atoms with Crippen LogP contribution in [-0.2, 0) is 0 Å². The molecule has 0 amide bonds. The Bertz CT molecular complexity index is 1030. The molecule has 2 bridgehead atoms. The van der Waals surface area contributed by atoms with Gasteiger partial charge in [-0.25, -0.2) is 14.4 Å². The molecule has 1 unspecified atom stereocenters. The number of halogens is 1. The van der Waals surface area contributed by atoms with Crippen LogP contribution in [0.3, 0.4) is 0 Å². The van der Waals surface area contributed by atoms with Crippen molar-refractivity contribution >= 4 is 29.9 Å². The third-order valence-corrected chi connectivity index (χ3v) is 4.67. The van der Waals surface area contributed by atoms with Crippen LogP contribution in [0.25, 0.3) is 5.70 Å². The molecule has 0 radical (unpaired) electrons. The number of nitrogens with two attached hydrogens (primary N) is 1. The van der Waals surface area contributed by atoms with Crippen LogP contribution in [0.2, 0.25) is 0 Å². The first kappa shape index (κ1) is 21.0. The highest BCUT2D eigenvalue weighted by Crippen LogP contribution is 2.31. The molecule has 0 saturated carbocycles. The van der Waals surface area contributed by atoms with Gasteiger partial charge in [0.2, 0.25) is 0 Å². The van der Waals surface area contributed by atoms with E-state index in [0.717, 1.165) is 6.34 Å². The predicted octanol–water partition coefficient (Wildman–Crippen LogP) is 2.87. The first-order chi connectivity index (χ1) is 14.5. The van der Waals surface area contributed by atoms with Gasteiger partial charge in [0.15, 0.2) is 11.6 Å². The van der Waals surface area contributed by atoms with Crippen LogP contribution in [0.5, 0.6) is 5.75 Å². The number of rotatable bonds is 4. The largest absolute Gasteiger partial charge is 0.482 e. The zero-order valence-corrected chi connectivity index (χ0v) is 16.8. The Labute approximate surface area is 174 Å². The van der Waals surface area contributed by atoms with Crippen molar-refractivity contribution in [2.75, 3.05) is 18.8 Å². The third-order valence-electron chi connectivity index (χ3n) is 4.67. The van der Waals surface area contributed by atoms with Crippen molar-refractivity contribution in [2.24, 2.45) is 4.99 Å². The average Bonchev–Trinajstić information content (AvgIpc) is 2.73. The average molecular weight is 409 g/mol. The molecule has 3 rings (SSSR count). The number of fused-ring (bicyclic) bond motifs is 3. The zero-order chi connectivity index (χ0) is 21.7. The van der Waals surface area contributed by atoms with Gasteiger partial charge in [0.1, 0.15) is 24.1 Å². The van der Waals surface area contributed by atoms with Gasteiger partial charge in [0, 0.05) is 53.5 Å². The number of ether oxygens (including phenoxy) is 1. The van der Waals surface area contributed by atoms with Crippen LogP contribution in [0.15, 0.2) is 41.0 Å². The minimum Gasteiger partial charge on any atom is -0.482 e. The molecule has 8 nitrogen and oxygen atoms in total. The van der Waals surface area contributed by atoms with E-state index in [2.05, 4.69) is 20.6 Å². The predicted molar refractivity (Wildman–Crippen MR) is 117 cm³/mol. The summed E-state index contributed by atoms with van der Waals surface area (Å²) in [7, 11) is 0. The van der Waals surface area contributed by atoms with Crippen molar-refractivity contribution in [3.8, 4) is 5.75 Å². The molecular weight excluding hydrogens is 385 g/mol. The molecule has 1 aromatic carbocycles. The summed E-state index contributed by atoms with van der Waals surface area (Å²) in [5.41, 5.74) is 9.22. The number of nitrogens with one attached hydrogen (secondary N) is 4. The molecule has 1 aromatic heterocycles. The van der Waals surface area contributed by atoms with Gasteiger partial charge in [0.05, 0.1) is 0 Å². The Hall–Kier alpha value is -3.75. The number of anilines is 1. The maximum absolute atomic E-state index is 14.0. The molecule has 1 aliphatic rings. The van der Waals surface area contributed by atoms with E-state index < -0.39 is 11.9 Å². The van der Waals surface area contributed by atoms with Crippen LogP contribution >= 0.6 is 0 Å². The maximum Gasteiger partial charge on any atom is 0.166 e. The molecule has 156 valence electrons. The summed E-state index contributed by atoms with van der Waals surface area (Å²) in [6, 6.07) is 6.04. The number of pyridine rings is 1. The molecule has 9 heteroatoms. The second-order valence-corrected chi connectivity index (χ2v) is 6.63. The fourth-order valence-corrected chi connectivity index (χ4v) is 3.27. The van der Waals surface area contributed by atoms with E-state index in [9.17, 15) is 4.39 Å². The Morgan fingerprint density at radius 2 is 2.20 bits per heavy atom. The zero-order valence-electron chi connectivity index (χ0n) is 16.8. The lowest BCUT2D eigenvalue weighted by molar-refractivity contribution is 0.227. The number of hydrogen-bond acceptors (Lipinski definition) is 6. The summed E-state index contributed by atoms with van der Waals surface area (Å²) < 4.78 is 20.1. The van der Waals surface area contributed by atoms with Crippen molar-refractivity contribution < 1.29 is 9.13 Å². The minimum absolute atomic E-state index is 0.208. The molecule has 1 atom stereocenters. The van der Waals surface area contributed by atoms with Gasteiger partial charge in [0.25, 0.3) is 0 Å². The normalized spacial score (nSPS) is 20.1. The number of benzene rings is 1. The van der Waals surface area contributed by atoms with Gasteiger partial charge >= 0.3 is 0 Å². The number of aliphatic imine (C=N–C) groups is 1. The van der Waals surface area contributed by atoms with E-state index >= 15 is 0 Å². The summed E-state index contributed by atoms with van der Waals surface area (Å²) in [5.74, 6) is 0.522. The van der Waals surface area contributed by atoms with Crippen molar-refractivity contribution in [3.05, 3.63) is 58.5 Å². The maximum atomic E-state index is 14.0. The van der Waals surface area contributed by atoms with Crippen molar-refractivity contribution in [1.29, 1.82) is 10.8 Å². The molecule has 0 aliphatic carbocycles. The van der Waals surface area contributed by atoms with Crippen LogP contribution < -0.4 is 21.1 Å². The van der Waals surface area contributed by atoms with E-state index in [1.54, 1.807) is 25.3 Å². The second kappa shape index (κ2) is 9.17. The molecule has 1 aliphatic heterocycles. The first-order valence-corrected chi connectivity index (χ1v) is 9.48. The number of amidine groups is 1. The van der Waals surface area contributed by atoms with Gasteiger partial charge in [-0.15, -0.1) is 0 Å². The van der Waals surface area contributed by atoms with Gasteiger partial charge in [-0.2, -0.15) is 0 Å². The first-order valence-electron chi connectivity index (χ1n) is 9.48. The van der Waals surface area contributed by atoms with Gasteiger partial charge in [-0.05, 0) is 38.1 Å². The lowest BCUT2D eigenvalue weighted by Crippen LogP contribution is -2.31. The van der Waals surface area contributed by atoms with Gasteiger partial charge in [-0.1, -0.05) is 0 Å². The summed E-state index contributed by atoms with van der Waals surface area (Å²) >= 11 is 0. The summed E-state index contributed by atoms with van der Waals surface area (Å²) in [6.07, 6.45) is 3.20. The van der Waals surface area contributed by atoms with Crippen LogP contribution in [0.4, 0.5) is 10.2 Å².